The van der Waals surface area contributed by atoms with Gasteiger partial charge in [0.25, 0.3) is 0 Å². The summed E-state index contributed by atoms with van der Waals surface area (Å²) in [5.41, 5.74) is -0.772. The van der Waals surface area contributed by atoms with E-state index in [1.807, 2.05) is 0 Å². The molecule has 0 aromatic heterocycles. The second-order valence-electron chi connectivity index (χ2n) is 3.85. The van der Waals surface area contributed by atoms with Crippen molar-refractivity contribution in [3.05, 3.63) is 29.8 Å². The molecule has 0 atom stereocenters. The van der Waals surface area contributed by atoms with Crippen LogP contribution in [0.4, 0.5) is 13.2 Å². The molecule has 1 aliphatic heterocycles. The third kappa shape index (κ3) is 3.12. The van der Waals surface area contributed by atoms with Crippen LogP contribution >= 0.6 is 0 Å². The number of ether oxygens (including phenoxy) is 2. The van der Waals surface area contributed by atoms with Crippen molar-refractivity contribution < 1.29 is 22.6 Å². The van der Waals surface area contributed by atoms with Crippen LogP contribution in [-0.4, -0.2) is 19.3 Å². The number of rotatable bonds is 2. The molecule has 5 heteroatoms. The van der Waals surface area contributed by atoms with Gasteiger partial charge in [-0.05, 0) is 18.2 Å². The van der Waals surface area contributed by atoms with Crippen molar-refractivity contribution in [1.82, 2.24) is 0 Å². The summed E-state index contributed by atoms with van der Waals surface area (Å²) in [6.45, 7) is 1.07. The van der Waals surface area contributed by atoms with Crippen LogP contribution in [0.15, 0.2) is 18.2 Å². The molecule has 2 nitrogen and oxygen atoms in total. The molecule has 0 bridgehead atoms. The minimum Gasteiger partial charge on any atom is -0.490 e. The van der Waals surface area contributed by atoms with E-state index in [0.717, 1.165) is 6.07 Å². The molecule has 2 rings (SSSR count). The first-order valence-corrected chi connectivity index (χ1v) is 5.39. The average Bonchev–Trinajstić information content (AvgIpc) is 2.30. The largest absolute Gasteiger partial charge is 0.490 e. The molecule has 1 aromatic carbocycles. The molecule has 0 saturated carbocycles. The van der Waals surface area contributed by atoms with Gasteiger partial charge in [0.1, 0.15) is 11.9 Å². The minimum atomic E-state index is -4.40. The summed E-state index contributed by atoms with van der Waals surface area (Å²) < 4.78 is 48.6. The Morgan fingerprint density at radius 2 is 2.00 bits per heavy atom. The van der Waals surface area contributed by atoms with E-state index >= 15 is 0 Å². The van der Waals surface area contributed by atoms with Crippen molar-refractivity contribution in [2.75, 3.05) is 13.2 Å². The lowest BCUT2D eigenvalue weighted by Crippen LogP contribution is -2.26. The predicted octanol–water partition coefficient (Wildman–Crippen LogP) is 3.06. The molecule has 17 heavy (non-hydrogen) atoms. The van der Waals surface area contributed by atoms with E-state index in [1.54, 1.807) is 0 Å². The summed E-state index contributed by atoms with van der Waals surface area (Å²) in [6.07, 6.45) is -3.36. The zero-order valence-corrected chi connectivity index (χ0v) is 9.09. The van der Waals surface area contributed by atoms with Gasteiger partial charge in [-0.2, -0.15) is 13.2 Å². The highest BCUT2D eigenvalue weighted by Gasteiger charge is 2.34. The van der Waals surface area contributed by atoms with Crippen LogP contribution in [0, 0.1) is 6.07 Å². The lowest BCUT2D eigenvalue weighted by Gasteiger charge is -2.24. The Bertz CT molecular complexity index is 370. The van der Waals surface area contributed by atoms with Gasteiger partial charge in [-0.3, -0.25) is 0 Å². The molecular formula is C12H12F3O2. The van der Waals surface area contributed by atoms with Crippen LogP contribution < -0.4 is 4.74 Å². The van der Waals surface area contributed by atoms with Gasteiger partial charge in [-0.1, -0.05) is 6.07 Å². The lowest BCUT2D eigenvalue weighted by atomic mass is 10.1. The Kier molecular flexibility index (Phi) is 3.57. The summed E-state index contributed by atoms with van der Waals surface area (Å²) in [4.78, 5) is 0. The van der Waals surface area contributed by atoms with Crippen LogP contribution in [0.25, 0.3) is 0 Å². The fourth-order valence-electron chi connectivity index (χ4n) is 1.71. The molecule has 1 aromatic rings. The quantitative estimate of drug-likeness (QED) is 0.797. The lowest BCUT2D eigenvalue weighted by molar-refractivity contribution is -0.139. The Morgan fingerprint density at radius 1 is 1.29 bits per heavy atom. The fraction of sp³-hybridized carbons (Fsp3) is 0.500. The van der Waals surface area contributed by atoms with Crippen molar-refractivity contribution in [2.24, 2.45) is 0 Å². The van der Waals surface area contributed by atoms with E-state index < -0.39 is 11.7 Å². The Labute approximate surface area is 97.3 Å². The van der Waals surface area contributed by atoms with Crippen LogP contribution in [0.3, 0.4) is 0 Å². The van der Waals surface area contributed by atoms with E-state index in [1.165, 1.54) is 12.1 Å². The smallest absolute Gasteiger partial charge is 0.419 e. The molecule has 0 N–H and O–H groups in total. The number of hydrogen-bond donors (Lipinski definition) is 0. The molecule has 93 valence electrons. The molecule has 1 heterocycles. The van der Waals surface area contributed by atoms with E-state index in [9.17, 15) is 13.2 Å². The summed E-state index contributed by atoms with van der Waals surface area (Å²) in [5, 5.41) is 0. The van der Waals surface area contributed by atoms with E-state index in [-0.39, 0.29) is 11.9 Å². The van der Waals surface area contributed by atoms with Gasteiger partial charge in [0.15, 0.2) is 0 Å². The standard InChI is InChI=1S/C12H12F3O2/c13-12(14,15)10-3-1-2-4-11(10)17-9-5-7-16-8-6-9/h2-4,9H,5-8H2. The summed E-state index contributed by atoms with van der Waals surface area (Å²) in [7, 11) is 0. The van der Waals surface area contributed by atoms with Crippen LogP contribution in [0.2, 0.25) is 0 Å². The second kappa shape index (κ2) is 4.96. The summed E-state index contributed by atoms with van der Waals surface area (Å²) in [5.74, 6) is -0.122. The first kappa shape index (κ1) is 12.2. The number of alkyl halides is 3. The fourth-order valence-corrected chi connectivity index (χ4v) is 1.71. The summed E-state index contributed by atoms with van der Waals surface area (Å²) in [6, 6.07) is 6.06. The van der Waals surface area contributed by atoms with Crippen molar-refractivity contribution in [2.45, 2.75) is 25.1 Å². The van der Waals surface area contributed by atoms with Crippen molar-refractivity contribution in [3.63, 3.8) is 0 Å². The van der Waals surface area contributed by atoms with E-state index in [0.29, 0.717) is 26.1 Å². The van der Waals surface area contributed by atoms with Gasteiger partial charge >= 0.3 is 6.18 Å². The predicted molar refractivity (Wildman–Crippen MR) is 54.7 cm³/mol. The highest BCUT2D eigenvalue weighted by atomic mass is 19.4. The third-order valence-electron chi connectivity index (χ3n) is 2.59. The third-order valence-corrected chi connectivity index (χ3v) is 2.59. The molecule has 1 aliphatic rings. The van der Waals surface area contributed by atoms with Gasteiger partial charge in [0.05, 0.1) is 18.8 Å². The summed E-state index contributed by atoms with van der Waals surface area (Å²) >= 11 is 0. The first-order chi connectivity index (χ1) is 8.07. The maximum Gasteiger partial charge on any atom is 0.419 e. The van der Waals surface area contributed by atoms with Crippen molar-refractivity contribution in [3.8, 4) is 5.75 Å². The molecule has 0 aliphatic carbocycles. The minimum absolute atomic E-state index is 0.122. The molecule has 0 amide bonds. The van der Waals surface area contributed by atoms with Gasteiger partial charge < -0.3 is 9.47 Å². The van der Waals surface area contributed by atoms with E-state index in [2.05, 4.69) is 6.07 Å². The normalized spacial score (nSPS) is 18.1. The van der Waals surface area contributed by atoms with E-state index in [4.69, 9.17) is 9.47 Å². The average molecular weight is 245 g/mol. The Hall–Kier alpha value is -1.23. The van der Waals surface area contributed by atoms with Gasteiger partial charge in [-0.25, -0.2) is 0 Å². The molecular weight excluding hydrogens is 233 g/mol. The zero-order chi connectivity index (χ0) is 12.3. The maximum atomic E-state index is 12.7. The van der Waals surface area contributed by atoms with Crippen LogP contribution in [0.5, 0.6) is 5.75 Å². The zero-order valence-electron chi connectivity index (χ0n) is 9.09. The monoisotopic (exact) mass is 245 g/mol. The Morgan fingerprint density at radius 3 is 2.65 bits per heavy atom. The van der Waals surface area contributed by atoms with Gasteiger partial charge in [-0.15, -0.1) is 0 Å². The SMILES string of the molecule is FC(F)(F)c1c[c]ccc1OC1CCOCC1. The highest BCUT2D eigenvalue weighted by molar-refractivity contribution is 5.35. The topological polar surface area (TPSA) is 18.5 Å². The maximum absolute atomic E-state index is 12.7. The molecule has 0 spiro atoms. The number of benzene rings is 1. The molecule has 1 fully saturated rings. The van der Waals surface area contributed by atoms with Gasteiger partial charge in [0.2, 0.25) is 0 Å². The van der Waals surface area contributed by atoms with Crippen LogP contribution in [0.1, 0.15) is 18.4 Å². The van der Waals surface area contributed by atoms with Gasteiger partial charge in [0, 0.05) is 12.8 Å². The molecule has 1 saturated heterocycles. The second-order valence-corrected chi connectivity index (χ2v) is 3.85. The Balaban J connectivity index is 2.14. The number of halogens is 3. The molecule has 1 radical (unpaired) electrons. The van der Waals surface area contributed by atoms with Crippen LogP contribution in [-0.2, 0) is 10.9 Å². The number of hydrogen-bond acceptors (Lipinski definition) is 2. The molecule has 0 unspecified atom stereocenters. The van der Waals surface area contributed by atoms with Crippen molar-refractivity contribution in [1.29, 1.82) is 0 Å². The highest BCUT2D eigenvalue weighted by Crippen LogP contribution is 2.36. The first-order valence-electron chi connectivity index (χ1n) is 5.39. The van der Waals surface area contributed by atoms with Crippen molar-refractivity contribution >= 4 is 0 Å².